The summed E-state index contributed by atoms with van der Waals surface area (Å²) >= 11 is 1.67. The minimum atomic E-state index is -0.209. The van der Waals surface area contributed by atoms with Gasteiger partial charge in [-0.3, -0.25) is 4.79 Å². The van der Waals surface area contributed by atoms with Gasteiger partial charge in [0, 0.05) is 5.38 Å². The van der Waals surface area contributed by atoms with E-state index in [-0.39, 0.29) is 5.97 Å². The first-order valence-corrected chi connectivity index (χ1v) is 7.66. The van der Waals surface area contributed by atoms with Crippen LogP contribution in [0.1, 0.15) is 49.2 Å². The van der Waals surface area contributed by atoms with E-state index in [0.29, 0.717) is 6.42 Å². The molecule has 0 N–H and O–H groups in total. The van der Waals surface area contributed by atoms with Crippen LogP contribution in [-0.2, 0) is 22.4 Å². The summed E-state index contributed by atoms with van der Waals surface area (Å²) in [5.74, 6) is 0.686. The molecule has 18 heavy (non-hydrogen) atoms. The molecule has 1 fully saturated rings. The lowest BCUT2D eigenvalue weighted by Crippen LogP contribution is -2.07. The van der Waals surface area contributed by atoms with E-state index >= 15 is 0 Å². The molecule has 1 saturated carbocycles. The number of aromatic nitrogens is 1. The maximum Gasteiger partial charge on any atom is 0.311 e. The van der Waals surface area contributed by atoms with Gasteiger partial charge in [0.05, 0.1) is 24.2 Å². The van der Waals surface area contributed by atoms with Gasteiger partial charge in [0.15, 0.2) is 0 Å². The third-order valence-electron chi connectivity index (χ3n) is 3.64. The van der Waals surface area contributed by atoms with Crippen molar-refractivity contribution in [1.82, 2.24) is 4.98 Å². The van der Waals surface area contributed by atoms with Crippen LogP contribution >= 0.6 is 11.3 Å². The highest BCUT2D eigenvalue weighted by Gasteiger charge is 2.14. The number of hydrogen-bond acceptors (Lipinski definition) is 4. The topological polar surface area (TPSA) is 39.2 Å². The normalized spacial score (nSPS) is 16.7. The Hall–Kier alpha value is -0.900. The number of carbonyl (C=O) groups excluding carboxylic acids is 1. The van der Waals surface area contributed by atoms with Crippen LogP contribution in [0.15, 0.2) is 5.38 Å². The maximum absolute atomic E-state index is 11.1. The fourth-order valence-corrected chi connectivity index (χ4v) is 3.38. The van der Waals surface area contributed by atoms with Crippen LogP contribution in [0, 0.1) is 5.92 Å². The maximum atomic E-state index is 11.1. The second-order valence-corrected chi connectivity index (χ2v) is 5.97. The summed E-state index contributed by atoms with van der Waals surface area (Å²) in [6.07, 6.45) is 9.61. The van der Waals surface area contributed by atoms with E-state index in [2.05, 4.69) is 9.72 Å². The lowest BCUT2D eigenvalue weighted by atomic mass is 9.86. The highest BCUT2D eigenvalue weighted by molar-refractivity contribution is 7.09. The first-order valence-electron chi connectivity index (χ1n) is 6.78. The Morgan fingerprint density at radius 3 is 2.94 bits per heavy atom. The van der Waals surface area contributed by atoms with Gasteiger partial charge >= 0.3 is 5.97 Å². The number of carbonyl (C=O) groups is 1. The Morgan fingerprint density at radius 2 is 2.22 bits per heavy atom. The van der Waals surface area contributed by atoms with Gasteiger partial charge in [-0.2, -0.15) is 0 Å². The van der Waals surface area contributed by atoms with Crippen molar-refractivity contribution in [3.63, 3.8) is 0 Å². The highest BCUT2D eigenvalue weighted by Crippen LogP contribution is 2.28. The molecule has 1 aliphatic carbocycles. The summed E-state index contributed by atoms with van der Waals surface area (Å²) < 4.78 is 4.64. The van der Waals surface area contributed by atoms with Crippen LogP contribution in [0.3, 0.4) is 0 Å². The molecule has 0 radical (unpaired) electrons. The van der Waals surface area contributed by atoms with Gasteiger partial charge in [-0.05, 0) is 18.8 Å². The smallest absolute Gasteiger partial charge is 0.311 e. The number of nitrogens with zero attached hydrogens (tertiary/aromatic N) is 1. The van der Waals surface area contributed by atoms with Crippen molar-refractivity contribution in [2.24, 2.45) is 5.92 Å². The van der Waals surface area contributed by atoms with Gasteiger partial charge in [-0.15, -0.1) is 11.3 Å². The molecule has 1 aromatic heterocycles. The number of methoxy groups -OCH3 is 1. The van der Waals surface area contributed by atoms with Gasteiger partial charge in [0.2, 0.25) is 0 Å². The predicted octanol–water partition coefficient (Wildman–Crippen LogP) is 3.37. The van der Waals surface area contributed by atoms with E-state index in [9.17, 15) is 4.79 Å². The van der Waals surface area contributed by atoms with Crippen LogP contribution in [0.2, 0.25) is 0 Å². The second-order valence-electron chi connectivity index (χ2n) is 5.03. The minimum Gasteiger partial charge on any atom is -0.469 e. The Morgan fingerprint density at radius 1 is 1.44 bits per heavy atom. The number of rotatable bonds is 5. The van der Waals surface area contributed by atoms with Gasteiger partial charge < -0.3 is 4.74 Å². The van der Waals surface area contributed by atoms with Crippen molar-refractivity contribution in [2.75, 3.05) is 7.11 Å². The monoisotopic (exact) mass is 267 g/mol. The van der Waals surface area contributed by atoms with Gasteiger partial charge in [-0.1, -0.05) is 32.1 Å². The molecule has 2 rings (SSSR count). The summed E-state index contributed by atoms with van der Waals surface area (Å²) in [5.41, 5.74) is 0.852. The highest BCUT2D eigenvalue weighted by atomic mass is 32.1. The summed E-state index contributed by atoms with van der Waals surface area (Å²) in [5, 5.41) is 3.15. The summed E-state index contributed by atoms with van der Waals surface area (Å²) in [4.78, 5) is 15.6. The molecule has 100 valence electrons. The Labute approximate surface area is 113 Å². The summed E-state index contributed by atoms with van der Waals surface area (Å²) in [6.45, 7) is 0. The Bertz CT molecular complexity index is 383. The van der Waals surface area contributed by atoms with Crippen LogP contribution in [-0.4, -0.2) is 18.1 Å². The fourth-order valence-electron chi connectivity index (χ4n) is 2.57. The number of thiazole rings is 1. The molecule has 1 heterocycles. The van der Waals surface area contributed by atoms with Crippen molar-refractivity contribution >= 4 is 17.3 Å². The molecule has 0 aliphatic heterocycles. The van der Waals surface area contributed by atoms with E-state index in [1.165, 1.54) is 50.6 Å². The lowest BCUT2D eigenvalue weighted by Gasteiger charge is -2.20. The SMILES string of the molecule is COC(=O)Cc1csc(CCC2CCCCC2)n1. The first-order chi connectivity index (χ1) is 8.78. The lowest BCUT2D eigenvalue weighted by molar-refractivity contribution is -0.139. The van der Waals surface area contributed by atoms with Crippen molar-refractivity contribution < 1.29 is 9.53 Å². The molecule has 1 aliphatic rings. The summed E-state index contributed by atoms with van der Waals surface area (Å²) in [7, 11) is 1.42. The minimum absolute atomic E-state index is 0.209. The van der Waals surface area contributed by atoms with E-state index < -0.39 is 0 Å². The van der Waals surface area contributed by atoms with Gasteiger partial charge in [-0.25, -0.2) is 4.98 Å². The molecule has 0 aromatic carbocycles. The molecular weight excluding hydrogens is 246 g/mol. The summed E-state index contributed by atoms with van der Waals surface area (Å²) in [6, 6.07) is 0. The number of aryl methyl sites for hydroxylation is 1. The zero-order valence-corrected chi connectivity index (χ0v) is 11.8. The molecule has 4 heteroatoms. The van der Waals surface area contributed by atoms with Crippen molar-refractivity contribution in [2.45, 2.75) is 51.4 Å². The van der Waals surface area contributed by atoms with Crippen molar-refractivity contribution in [3.05, 3.63) is 16.1 Å². The molecule has 0 atom stereocenters. The molecule has 1 aromatic rings. The average molecular weight is 267 g/mol. The van der Waals surface area contributed by atoms with E-state index in [1.54, 1.807) is 11.3 Å². The van der Waals surface area contributed by atoms with Crippen LogP contribution in [0.25, 0.3) is 0 Å². The largest absolute Gasteiger partial charge is 0.469 e. The number of hydrogen-bond donors (Lipinski definition) is 0. The Balaban J connectivity index is 1.77. The zero-order chi connectivity index (χ0) is 12.8. The zero-order valence-electron chi connectivity index (χ0n) is 11.0. The van der Waals surface area contributed by atoms with Crippen LogP contribution < -0.4 is 0 Å². The number of ether oxygens (including phenoxy) is 1. The van der Waals surface area contributed by atoms with Crippen molar-refractivity contribution in [1.29, 1.82) is 0 Å². The molecule has 0 spiro atoms. The number of esters is 1. The average Bonchev–Trinajstić information content (AvgIpc) is 2.85. The molecule has 0 bridgehead atoms. The molecule has 0 amide bonds. The molecule has 0 unspecified atom stereocenters. The second kappa shape index (κ2) is 6.88. The van der Waals surface area contributed by atoms with E-state index in [0.717, 1.165) is 18.0 Å². The molecular formula is C14H21NO2S. The third-order valence-corrected chi connectivity index (χ3v) is 4.60. The quantitative estimate of drug-likeness (QED) is 0.768. The van der Waals surface area contributed by atoms with Crippen LogP contribution in [0.4, 0.5) is 0 Å². The van der Waals surface area contributed by atoms with Crippen LogP contribution in [0.5, 0.6) is 0 Å². The van der Waals surface area contributed by atoms with Crippen molar-refractivity contribution in [3.8, 4) is 0 Å². The van der Waals surface area contributed by atoms with Gasteiger partial charge in [0.1, 0.15) is 0 Å². The standard InChI is InChI=1S/C14H21NO2S/c1-17-14(16)9-12-10-18-13(15-12)8-7-11-5-3-2-4-6-11/h10-11H,2-9H2,1H3. The first kappa shape index (κ1) is 13.5. The Kier molecular flexibility index (Phi) is 5.17. The fraction of sp³-hybridized carbons (Fsp3) is 0.714. The molecule has 3 nitrogen and oxygen atoms in total. The third kappa shape index (κ3) is 4.09. The van der Waals surface area contributed by atoms with E-state index in [4.69, 9.17) is 0 Å². The van der Waals surface area contributed by atoms with Gasteiger partial charge in [0.25, 0.3) is 0 Å². The van der Waals surface area contributed by atoms with E-state index in [1.807, 2.05) is 5.38 Å². The molecule has 0 saturated heterocycles. The predicted molar refractivity (Wildman–Crippen MR) is 72.7 cm³/mol.